The minimum absolute atomic E-state index is 0.667. The van der Waals surface area contributed by atoms with Gasteiger partial charge >= 0.3 is 0 Å². The Kier molecular flexibility index (Phi) is 3.78. The number of rotatable bonds is 3. The fourth-order valence-electron chi connectivity index (χ4n) is 2.27. The van der Waals surface area contributed by atoms with Crippen LogP contribution in [0.3, 0.4) is 0 Å². The molecule has 2 unspecified atom stereocenters. The van der Waals surface area contributed by atoms with E-state index in [2.05, 4.69) is 17.2 Å². The summed E-state index contributed by atoms with van der Waals surface area (Å²) in [4.78, 5) is 3.91. The number of nitrogens with one attached hydrogen (secondary N) is 1. The first-order valence-electron chi connectivity index (χ1n) is 5.95. The quantitative estimate of drug-likeness (QED) is 0.776. The Hall–Kier alpha value is -0.830. The number of oxazole rings is 1. The molecule has 1 aromatic rings. The molecule has 1 aliphatic carbocycles. The van der Waals surface area contributed by atoms with E-state index in [9.17, 15) is 0 Å². The molecule has 1 N–H and O–H groups in total. The van der Waals surface area contributed by atoms with Crippen molar-refractivity contribution < 1.29 is 4.42 Å². The summed E-state index contributed by atoms with van der Waals surface area (Å²) < 4.78 is 5.20. The molecule has 0 aromatic carbocycles. The van der Waals surface area contributed by atoms with Gasteiger partial charge in [-0.05, 0) is 25.2 Å². The Balaban J connectivity index is 1.74. The van der Waals surface area contributed by atoms with Gasteiger partial charge in [-0.2, -0.15) is 0 Å². The first kappa shape index (κ1) is 10.7. The molecule has 2 rings (SSSR count). The smallest absolute Gasteiger partial charge is 0.180 e. The lowest BCUT2D eigenvalue weighted by Crippen LogP contribution is -2.27. The van der Waals surface area contributed by atoms with E-state index in [-0.39, 0.29) is 0 Å². The van der Waals surface area contributed by atoms with Crippen LogP contribution >= 0.6 is 0 Å². The highest BCUT2D eigenvalue weighted by molar-refractivity contribution is 4.88. The van der Waals surface area contributed by atoms with Crippen LogP contribution in [0.15, 0.2) is 17.0 Å². The molecule has 1 saturated carbocycles. The van der Waals surface area contributed by atoms with Crippen LogP contribution in [0.5, 0.6) is 0 Å². The lowest BCUT2D eigenvalue weighted by atomic mass is 10.0. The molecule has 84 valence electrons. The van der Waals surface area contributed by atoms with Crippen molar-refractivity contribution in [3.8, 4) is 0 Å². The molecule has 2 atom stereocenters. The van der Waals surface area contributed by atoms with Crippen LogP contribution in [-0.2, 0) is 6.54 Å². The summed E-state index contributed by atoms with van der Waals surface area (Å²) in [5.41, 5.74) is 0. The lowest BCUT2D eigenvalue weighted by molar-refractivity contribution is 0.411. The van der Waals surface area contributed by atoms with Gasteiger partial charge in [-0.15, -0.1) is 0 Å². The zero-order valence-corrected chi connectivity index (χ0v) is 9.41. The van der Waals surface area contributed by atoms with Crippen LogP contribution in [0.1, 0.15) is 44.8 Å². The summed E-state index contributed by atoms with van der Waals surface area (Å²) in [5, 5.41) is 3.55. The van der Waals surface area contributed by atoms with Gasteiger partial charge in [0.05, 0.1) is 12.7 Å². The summed E-state index contributed by atoms with van der Waals surface area (Å²) in [6, 6.07) is 0.667. The molecular formula is C12H20N2O. The molecular weight excluding hydrogens is 188 g/mol. The summed E-state index contributed by atoms with van der Waals surface area (Å²) >= 11 is 0. The van der Waals surface area contributed by atoms with Crippen LogP contribution < -0.4 is 5.32 Å². The van der Waals surface area contributed by atoms with Gasteiger partial charge in [-0.25, -0.2) is 4.98 Å². The summed E-state index contributed by atoms with van der Waals surface area (Å²) in [6.45, 7) is 3.18. The SMILES string of the molecule is CC1CCCC(NCc2cnco2)CC1. The van der Waals surface area contributed by atoms with Crippen LogP contribution in [0, 0.1) is 5.92 Å². The van der Waals surface area contributed by atoms with E-state index < -0.39 is 0 Å². The Morgan fingerprint density at radius 2 is 2.33 bits per heavy atom. The molecule has 3 heteroatoms. The van der Waals surface area contributed by atoms with Crippen molar-refractivity contribution in [2.24, 2.45) is 5.92 Å². The van der Waals surface area contributed by atoms with Gasteiger partial charge in [-0.3, -0.25) is 0 Å². The van der Waals surface area contributed by atoms with E-state index in [4.69, 9.17) is 4.42 Å². The average Bonchev–Trinajstić information content (AvgIpc) is 2.66. The largest absolute Gasteiger partial charge is 0.447 e. The van der Waals surface area contributed by atoms with Crippen LogP contribution in [0.25, 0.3) is 0 Å². The highest BCUT2D eigenvalue weighted by Crippen LogP contribution is 2.22. The van der Waals surface area contributed by atoms with E-state index in [0.717, 1.165) is 18.2 Å². The van der Waals surface area contributed by atoms with Crippen LogP contribution in [0.4, 0.5) is 0 Å². The minimum Gasteiger partial charge on any atom is -0.447 e. The first-order chi connectivity index (χ1) is 7.34. The van der Waals surface area contributed by atoms with Crippen molar-refractivity contribution in [2.75, 3.05) is 0 Å². The summed E-state index contributed by atoms with van der Waals surface area (Å²) in [7, 11) is 0. The standard InChI is InChI=1S/C12H20N2O/c1-10-3-2-4-11(6-5-10)14-8-12-7-13-9-15-12/h7,9-11,14H,2-6,8H2,1H3. The molecule has 15 heavy (non-hydrogen) atoms. The normalized spacial score (nSPS) is 27.5. The van der Waals surface area contributed by atoms with Crippen molar-refractivity contribution in [1.82, 2.24) is 10.3 Å². The zero-order valence-electron chi connectivity index (χ0n) is 9.41. The molecule has 3 nitrogen and oxygen atoms in total. The maximum atomic E-state index is 5.20. The highest BCUT2D eigenvalue weighted by Gasteiger charge is 2.15. The number of hydrogen-bond acceptors (Lipinski definition) is 3. The second-order valence-corrected chi connectivity index (χ2v) is 4.66. The molecule has 0 aliphatic heterocycles. The van der Waals surface area contributed by atoms with Crippen LogP contribution in [-0.4, -0.2) is 11.0 Å². The van der Waals surface area contributed by atoms with Gasteiger partial charge in [0.25, 0.3) is 0 Å². The minimum atomic E-state index is 0.667. The third kappa shape index (κ3) is 3.34. The molecule has 1 fully saturated rings. The Bertz CT molecular complexity index is 271. The number of nitrogens with zero attached hydrogens (tertiary/aromatic N) is 1. The average molecular weight is 208 g/mol. The van der Waals surface area contributed by atoms with E-state index in [0.29, 0.717) is 6.04 Å². The molecule has 1 aromatic heterocycles. The number of hydrogen-bond donors (Lipinski definition) is 1. The van der Waals surface area contributed by atoms with E-state index in [1.54, 1.807) is 6.20 Å². The third-order valence-corrected chi connectivity index (χ3v) is 3.31. The van der Waals surface area contributed by atoms with E-state index >= 15 is 0 Å². The van der Waals surface area contributed by atoms with E-state index in [1.807, 2.05) is 0 Å². The van der Waals surface area contributed by atoms with Crippen molar-refractivity contribution in [2.45, 2.75) is 51.6 Å². The van der Waals surface area contributed by atoms with Crippen molar-refractivity contribution in [3.05, 3.63) is 18.4 Å². The van der Waals surface area contributed by atoms with Gasteiger partial charge in [0.1, 0.15) is 5.76 Å². The molecule has 1 heterocycles. The van der Waals surface area contributed by atoms with Gasteiger partial charge in [-0.1, -0.05) is 19.8 Å². The maximum absolute atomic E-state index is 5.20. The summed E-state index contributed by atoms with van der Waals surface area (Å²) in [6.07, 6.45) is 9.98. The zero-order chi connectivity index (χ0) is 10.5. The van der Waals surface area contributed by atoms with Crippen LogP contribution in [0.2, 0.25) is 0 Å². The third-order valence-electron chi connectivity index (χ3n) is 3.31. The lowest BCUT2D eigenvalue weighted by Gasteiger charge is -2.15. The predicted octanol–water partition coefficient (Wildman–Crippen LogP) is 2.73. The molecule has 0 spiro atoms. The molecule has 0 radical (unpaired) electrons. The Labute approximate surface area is 91.3 Å². The highest BCUT2D eigenvalue weighted by atomic mass is 16.3. The maximum Gasteiger partial charge on any atom is 0.180 e. The fourth-order valence-corrected chi connectivity index (χ4v) is 2.27. The van der Waals surface area contributed by atoms with Crippen molar-refractivity contribution >= 4 is 0 Å². The summed E-state index contributed by atoms with van der Waals surface area (Å²) in [5.74, 6) is 1.84. The second kappa shape index (κ2) is 5.31. The molecule has 0 saturated heterocycles. The topological polar surface area (TPSA) is 38.1 Å². The van der Waals surface area contributed by atoms with E-state index in [1.165, 1.54) is 38.5 Å². The molecule has 0 bridgehead atoms. The van der Waals surface area contributed by atoms with Gasteiger partial charge in [0.2, 0.25) is 0 Å². The predicted molar refractivity (Wildman–Crippen MR) is 59.4 cm³/mol. The van der Waals surface area contributed by atoms with Gasteiger partial charge in [0.15, 0.2) is 6.39 Å². The van der Waals surface area contributed by atoms with Gasteiger partial charge < -0.3 is 9.73 Å². The first-order valence-corrected chi connectivity index (χ1v) is 5.95. The second-order valence-electron chi connectivity index (χ2n) is 4.66. The van der Waals surface area contributed by atoms with Crippen molar-refractivity contribution in [3.63, 3.8) is 0 Å². The fraction of sp³-hybridized carbons (Fsp3) is 0.750. The Morgan fingerprint density at radius 3 is 3.13 bits per heavy atom. The Morgan fingerprint density at radius 1 is 1.40 bits per heavy atom. The monoisotopic (exact) mass is 208 g/mol. The molecule has 0 amide bonds. The van der Waals surface area contributed by atoms with Gasteiger partial charge in [0, 0.05) is 6.04 Å². The molecule has 1 aliphatic rings. The van der Waals surface area contributed by atoms with Crippen molar-refractivity contribution in [1.29, 1.82) is 0 Å². The number of aromatic nitrogens is 1.